The highest BCUT2D eigenvalue weighted by Gasteiger charge is 2.04. The average Bonchev–Trinajstić information content (AvgIpc) is 2.42. The Morgan fingerprint density at radius 1 is 1.05 bits per heavy atom. The van der Waals surface area contributed by atoms with Crippen LogP contribution in [0, 0.1) is 12.0 Å². The Morgan fingerprint density at radius 3 is 2.30 bits per heavy atom. The summed E-state index contributed by atoms with van der Waals surface area (Å²) in [5.74, 6) is 2.97. The Kier molecular flexibility index (Phi) is 13.4. The Bertz CT molecular complexity index is 294. The number of rotatable bonds is 13. The van der Waals surface area contributed by atoms with E-state index >= 15 is 0 Å². The van der Waals surface area contributed by atoms with Crippen molar-refractivity contribution in [3.8, 4) is 12.0 Å². The summed E-state index contributed by atoms with van der Waals surface area (Å²) >= 11 is 0. The van der Waals surface area contributed by atoms with E-state index in [-0.39, 0.29) is 11.8 Å². The van der Waals surface area contributed by atoms with Crippen molar-refractivity contribution in [2.45, 2.75) is 63.8 Å². The second-order valence-corrected chi connectivity index (χ2v) is 5.07. The van der Waals surface area contributed by atoms with Gasteiger partial charge in [0, 0.05) is 13.0 Å². The summed E-state index contributed by atoms with van der Waals surface area (Å²) in [6.07, 6.45) is 10.9. The lowest BCUT2D eigenvalue weighted by molar-refractivity contribution is 0.282. The molecule has 0 spiro atoms. The van der Waals surface area contributed by atoms with E-state index in [9.17, 15) is 0 Å². The molecule has 0 saturated heterocycles. The van der Waals surface area contributed by atoms with E-state index in [0.29, 0.717) is 13.0 Å². The van der Waals surface area contributed by atoms with Crippen molar-refractivity contribution in [1.29, 1.82) is 0 Å². The monoisotopic (exact) mass is 283 g/mol. The third-order valence-electron chi connectivity index (χ3n) is 3.17. The molecule has 0 rings (SSSR count). The van der Waals surface area contributed by atoms with Crippen molar-refractivity contribution in [3.05, 3.63) is 12.3 Å². The van der Waals surface area contributed by atoms with E-state index in [0.717, 1.165) is 45.1 Å². The van der Waals surface area contributed by atoms with Gasteiger partial charge in [0.1, 0.15) is 6.11 Å². The normalized spacial score (nSPS) is 11.7. The second-order valence-electron chi connectivity index (χ2n) is 5.07. The molecular formula is C16H29NO3. The molecule has 0 aromatic rings. The highest BCUT2D eigenvalue weighted by molar-refractivity contribution is 5.02. The molecule has 0 bridgehead atoms. The fourth-order valence-corrected chi connectivity index (χ4v) is 2.04. The molecule has 4 N–H and O–H groups in total. The first kappa shape index (κ1) is 18.8. The zero-order valence-corrected chi connectivity index (χ0v) is 12.4. The summed E-state index contributed by atoms with van der Waals surface area (Å²) in [6.45, 7) is 4.49. The van der Waals surface area contributed by atoms with Gasteiger partial charge in [-0.05, 0) is 31.7 Å². The van der Waals surface area contributed by atoms with Gasteiger partial charge >= 0.3 is 0 Å². The summed E-state index contributed by atoms with van der Waals surface area (Å²) in [4.78, 5) is 0. The van der Waals surface area contributed by atoms with Gasteiger partial charge < -0.3 is 20.6 Å². The van der Waals surface area contributed by atoms with Gasteiger partial charge in [0.15, 0.2) is 0 Å². The van der Waals surface area contributed by atoms with E-state index in [1.165, 1.54) is 12.8 Å². The van der Waals surface area contributed by atoms with Crippen LogP contribution in [0.1, 0.15) is 57.8 Å². The number of aliphatic hydroxyl groups excluding tert-OH is 3. The van der Waals surface area contributed by atoms with Crippen molar-refractivity contribution in [2.24, 2.45) is 0 Å². The summed E-state index contributed by atoms with van der Waals surface area (Å²) in [5.41, 5.74) is 0. The molecule has 1 unspecified atom stereocenters. The molecular weight excluding hydrogens is 254 g/mol. The first-order valence-electron chi connectivity index (χ1n) is 7.56. The van der Waals surface area contributed by atoms with E-state index in [4.69, 9.17) is 15.3 Å². The maximum atomic E-state index is 8.98. The van der Waals surface area contributed by atoms with Gasteiger partial charge in [0.2, 0.25) is 0 Å². The SMILES string of the molecule is C=C(O)CCCNC(C#CO)CCCCCCCCO. The minimum atomic E-state index is 0.0180. The molecule has 0 aliphatic rings. The molecule has 4 nitrogen and oxygen atoms in total. The second kappa shape index (κ2) is 14.2. The lowest BCUT2D eigenvalue weighted by Crippen LogP contribution is -2.28. The molecule has 0 fully saturated rings. The molecule has 0 radical (unpaired) electrons. The fraction of sp³-hybridized carbons (Fsp3) is 0.750. The van der Waals surface area contributed by atoms with Crippen LogP contribution in [0.4, 0.5) is 0 Å². The van der Waals surface area contributed by atoms with Gasteiger partial charge in [-0.15, -0.1) is 0 Å². The molecule has 1 atom stereocenters. The number of nitrogens with one attached hydrogen (secondary N) is 1. The standard InChI is InChI=1S/C16H29NO3/c1-15(20)9-8-12-17-16(11-14-19)10-6-4-2-3-5-7-13-18/h16-20H,1-10,12-13H2. The third-order valence-corrected chi connectivity index (χ3v) is 3.17. The summed E-state index contributed by atoms with van der Waals surface area (Å²) < 4.78 is 0. The van der Waals surface area contributed by atoms with Crippen LogP contribution in [0.5, 0.6) is 0 Å². The zero-order valence-electron chi connectivity index (χ0n) is 12.4. The van der Waals surface area contributed by atoms with Crippen molar-refractivity contribution >= 4 is 0 Å². The minimum absolute atomic E-state index is 0.0180. The Labute approximate surface area is 122 Å². The molecule has 0 aliphatic carbocycles. The lowest BCUT2D eigenvalue weighted by atomic mass is 10.1. The van der Waals surface area contributed by atoms with Crippen molar-refractivity contribution in [2.75, 3.05) is 13.2 Å². The van der Waals surface area contributed by atoms with Crippen LogP contribution in [0.2, 0.25) is 0 Å². The molecule has 4 heteroatoms. The summed E-state index contributed by atoms with van der Waals surface area (Å²) in [5, 5.41) is 29.6. The zero-order chi connectivity index (χ0) is 15.1. The first-order chi connectivity index (χ1) is 9.70. The van der Waals surface area contributed by atoms with Gasteiger partial charge in [0.25, 0.3) is 0 Å². The van der Waals surface area contributed by atoms with Crippen LogP contribution in [-0.2, 0) is 0 Å². The van der Waals surface area contributed by atoms with Gasteiger partial charge in [-0.25, -0.2) is 0 Å². The van der Waals surface area contributed by atoms with E-state index < -0.39 is 0 Å². The summed E-state index contributed by atoms with van der Waals surface area (Å²) in [7, 11) is 0. The number of hydrogen-bond acceptors (Lipinski definition) is 4. The van der Waals surface area contributed by atoms with E-state index in [1.54, 1.807) is 0 Å². The van der Waals surface area contributed by atoms with Crippen molar-refractivity contribution < 1.29 is 15.3 Å². The minimum Gasteiger partial charge on any atom is -0.513 e. The number of unbranched alkanes of at least 4 members (excludes halogenated alkanes) is 5. The van der Waals surface area contributed by atoms with Crippen LogP contribution in [0.3, 0.4) is 0 Å². The topological polar surface area (TPSA) is 72.7 Å². The van der Waals surface area contributed by atoms with Crippen LogP contribution in [0.25, 0.3) is 0 Å². The molecule has 0 aromatic heterocycles. The molecule has 0 amide bonds. The maximum Gasteiger partial charge on any atom is 0.109 e. The highest BCUT2D eigenvalue weighted by Crippen LogP contribution is 2.08. The van der Waals surface area contributed by atoms with Crippen molar-refractivity contribution in [1.82, 2.24) is 5.32 Å². The van der Waals surface area contributed by atoms with Crippen LogP contribution >= 0.6 is 0 Å². The van der Waals surface area contributed by atoms with Gasteiger partial charge in [0.05, 0.1) is 11.8 Å². The Hall–Kier alpha value is -1.18. The van der Waals surface area contributed by atoms with E-state index in [2.05, 4.69) is 17.8 Å². The molecule has 116 valence electrons. The Balaban J connectivity index is 3.58. The Morgan fingerprint density at radius 2 is 1.70 bits per heavy atom. The van der Waals surface area contributed by atoms with Gasteiger partial charge in [-0.1, -0.05) is 38.7 Å². The van der Waals surface area contributed by atoms with Crippen LogP contribution in [-0.4, -0.2) is 34.5 Å². The highest BCUT2D eigenvalue weighted by atomic mass is 16.3. The lowest BCUT2D eigenvalue weighted by Gasteiger charge is -2.12. The van der Waals surface area contributed by atoms with Crippen LogP contribution in [0.15, 0.2) is 12.3 Å². The third kappa shape index (κ3) is 13.3. The quantitative estimate of drug-likeness (QED) is 0.238. The predicted octanol–water partition coefficient (Wildman–Crippen LogP) is 2.85. The average molecular weight is 283 g/mol. The molecule has 0 heterocycles. The number of allylic oxidation sites excluding steroid dienone is 1. The summed E-state index contributed by atoms with van der Waals surface area (Å²) in [6, 6.07) is 0.0180. The number of aliphatic hydroxyl groups is 3. The fourth-order valence-electron chi connectivity index (χ4n) is 2.04. The molecule has 0 aromatic carbocycles. The van der Waals surface area contributed by atoms with Crippen LogP contribution < -0.4 is 5.32 Å². The number of hydrogen-bond donors (Lipinski definition) is 4. The predicted molar refractivity (Wildman–Crippen MR) is 81.9 cm³/mol. The first-order valence-corrected chi connectivity index (χ1v) is 7.56. The smallest absolute Gasteiger partial charge is 0.109 e. The largest absolute Gasteiger partial charge is 0.513 e. The van der Waals surface area contributed by atoms with Gasteiger partial charge in [-0.2, -0.15) is 0 Å². The maximum absolute atomic E-state index is 8.98. The van der Waals surface area contributed by atoms with Gasteiger partial charge in [-0.3, -0.25) is 0 Å². The molecule has 20 heavy (non-hydrogen) atoms. The van der Waals surface area contributed by atoms with Crippen molar-refractivity contribution in [3.63, 3.8) is 0 Å². The van der Waals surface area contributed by atoms with E-state index in [1.807, 2.05) is 6.11 Å². The molecule has 0 saturated carbocycles. The molecule has 0 aliphatic heterocycles.